The Morgan fingerprint density at radius 3 is 2.26 bits per heavy atom. The number of hydrogen-bond donors (Lipinski definition) is 0. The van der Waals surface area contributed by atoms with Gasteiger partial charge in [-0.05, 0) is 88.9 Å². The van der Waals surface area contributed by atoms with E-state index in [0.717, 1.165) is 29.3 Å². The molecule has 0 aromatic heterocycles. The summed E-state index contributed by atoms with van der Waals surface area (Å²) in [5, 5.41) is 0. The van der Waals surface area contributed by atoms with E-state index in [-0.39, 0.29) is 30.7 Å². The lowest BCUT2D eigenvalue weighted by Gasteiger charge is -2.46. The number of benzene rings is 1. The molecule has 50 heavy (non-hydrogen) atoms. The number of ketones is 1. The van der Waals surface area contributed by atoms with Crippen molar-refractivity contribution in [2.24, 2.45) is 17.8 Å². The third kappa shape index (κ3) is 5.75. The number of hydrogen-bond acceptors (Lipinski definition) is 9. The third-order valence-electron chi connectivity index (χ3n) is 12.3. The number of fused-ring (bicyclic) bond motifs is 4. The first-order valence-corrected chi connectivity index (χ1v) is 24.4. The predicted octanol–water partition coefficient (Wildman–Crippen LogP) is 7.42. The number of carbonyl (C=O) groups excluding carboxylic acids is 3. The fraction of sp³-hybridized carbons (Fsp3) is 0.667. The minimum atomic E-state index is -2.51. The smallest absolute Gasteiger partial charge is 0.338 e. The lowest BCUT2D eigenvalue weighted by Crippen LogP contribution is -2.59. The fourth-order valence-corrected chi connectivity index (χ4v) is 14.1. The molecule has 0 N–H and O–H groups in total. The van der Waals surface area contributed by atoms with Crippen LogP contribution in [0.3, 0.4) is 0 Å². The van der Waals surface area contributed by atoms with E-state index < -0.39 is 63.1 Å². The first-order valence-electron chi connectivity index (χ1n) is 18.5. The molecule has 0 saturated carbocycles. The van der Waals surface area contributed by atoms with Crippen LogP contribution in [0.1, 0.15) is 72.8 Å². The highest BCUT2D eigenvalue weighted by Gasteiger charge is 2.76. The zero-order chi connectivity index (χ0) is 36.5. The summed E-state index contributed by atoms with van der Waals surface area (Å²) in [6.45, 7) is 18.7. The number of ether oxygens (including phenoxy) is 4. The second-order valence-corrected chi connectivity index (χ2v) is 25.7. The van der Waals surface area contributed by atoms with Gasteiger partial charge >= 0.3 is 11.9 Å². The van der Waals surface area contributed by atoms with Gasteiger partial charge in [0.1, 0.15) is 11.7 Å². The summed E-state index contributed by atoms with van der Waals surface area (Å²) in [6.07, 6.45) is 3.03. The minimum Gasteiger partial charge on any atom is -0.466 e. The lowest BCUT2D eigenvalue weighted by atomic mass is 9.69. The Kier molecular flexibility index (Phi) is 9.64. The van der Waals surface area contributed by atoms with Gasteiger partial charge in [-0.1, -0.05) is 57.2 Å². The van der Waals surface area contributed by atoms with E-state index in [4.69, 9.17) is 27.8 Å². The Hall–Kier alpha value is -2.42. The standard InChI is InChI=1S/C39H56O9Si2/c1-11-50(12-2,13-3)47-38-24-37-22-21-27-31(30(34(41)43-7)25(4)32(27)40)39(46-37,48-49(8,9)10)33(44-23-26-17-15-14-16-18-26)28(37)19-20-29(38)36(5,6)45-35(38)42/h14-19,27,29,31,33H,11-13,20-24H2,1-10H3/t27-,29-,31+,33-,37-,38+,39+/m0/s1. The van der Waals surface area contributed by atoms with Crippen molar-refractivity contribution in [2.45, 2.75) is 140 Å². The maximum Gasteiger partial charge on any atom is 0.338 e. The van der Waals surface area contributed by atoms with E-state index in [0.29, 0.717) is 30.4 Å². The van der Waals surface area contributed by atoms with Gasteiger partial charge in [0.25, 0.3) is 0 Å². The highest BCUT2D eigenvalue weighted by Crippen LogP contribution is 2.65. The van der Waals surface area contributed by atoms with Crippen molar-refractivity contribution in [3.8, 4) is 0 Å². The number of allylic oxidation sites excluding steroid dienone is 2. The molecule has 274 valence electrons. The fourth-order valence-electron chi connectivity index (χ4n) is 9.89. The zero-order valence-corrected chi connectivity index (χ0v) is 33.6. The highest BCUT2D eigenvalue weighted by atomic mass is 28.4. The van der Waals surface area contributed by atoms with Gasteiger partial charge in [0.15, 0.2) is 33.8 Å². The van der Waals surface area contributed by atoms with Gasteiger partial charge in [-0.15, -0.1) is 0 Å². The van der Waals surface area contributed by atoms with Crippen LogP contribution in [0.25, 0.3) is 0 Å². The number of Topliss-reactive ketones (excluding diaryl/α,β-unsaturated/α-hetero) is 1. The third-order valence-corrected chi connectivity index (χ3v) is 17.9. The Bertz CT molecular complexity index is 1580. The van der Waals surface area contributed by atoms with Crippen molar-refractivity contribution < 1.29 is 42.2 Å². The molecule has 1 aromatic carbocycles. The summed E-state index contributed by atoms with van der Waals surface area (Å²) < 4.78 is 41.0. The van der Waals surface area contributed by atoms with Gasteiger partial charge in [0.2, 0.25) is 0 Å². The normalized spacial score (nSPS) is 34.7. The second-order valence-electron chi connectivity index (χ2n) is 16.6. The first kappa shape index (κ1) is 37.3. The van der Waals surface area contributed by atoms with E-state index >= 15 is 0 Å². The van der Waals surface area contributed by atoms with E-state index in [1.165, 1.54) is 7.11 Å². The molecule has 5 aliphatic rings. The zero-order valence-electron chi connectivity index (χ0n) is 31.6. The Labute approximate surface area is 299 Å². The average molecular weight is 725 g/mol. The van der Waals surface area contributed by atoms with Crippen molar-refractivity contribution in [1.82, 2.24) is 0 Å². The van der Waals surface area contributed by atoms with Crippen LogP contribution in [0.5, 0.6) is 0 Å². The topological polar surface area (TPSA) is 107 Å². The molecule has 9 nitrogen and oxygen atoms in total. The van der Waals surface area contributed by atoms with Crippen LogP contribution in [-0.2, 0) is 48.8 Å². The second kappa shape index (κ2) is 12.9. The van der Waals surface area contributed by atoms with Gasteiger partial charge in [-0.2, -0.15) is 0 Å². The van der Waals surface area contributed by atoms with Crippen molar-refractivity contribution in [3.63, 3.8) is 0 Å². The summed E-state index contributed by atoms with van der Waals surface area (Å²) in [5.74, 6) is -4.15. The molecule has 2 aliphatic carbocycles. The molecular formula is C39H56O9Si2. The molecule has 7 atom stereocenters. The highest BCUT2D eigenvalue weighted by molar-refractivity contribution is 6.73. The van der Waals surface area contributed by atoms with E-state index in [1.54, 1.807) is 6.92 Å². The van der Waals surface area contributed by atoms with Gasteiger partial charge in [-0.3, -0.25) is 4.79 Å². The molecule has 0 amide bonds. The molecule has 0 unspecified atom stereocenters. The largest absolute Gasteiger partial charge is 0.466 e. The minimum absolute atomic E-state index is 0.0953. The molecule has 2 bridgehead atoms. The number of rotatable bonds is 11. The molecule has 1 spiro atoms. The molecule has 3 saturated heterocycles. The van der Waals surface area contributed by atoms with Crippen molar-refractivity contribution in [3.05, 3.63) is 58.7 Å². The van der Waals surface area contributed by atoms with Crippen LogP contribution in [0.4, 0.5) is 0 Å². The average Bonchev–Trinajstić information content (AvgIpc) is 3.43. The van der Waals surface area contributed by atoms with Crippen LogP contribution in [0, 0.1) is 17.8 Å². The number of methoxy groups -OCH3 is 1. The number of cyclic esters (lactones) is 1. The van der Waals surface area contributed by atoms with Crippen molar-refractivity contribution in [1.29, 1.82) is 0 Å². The summed E-state index contributed by atoms with van der Waals surface area (Å²) in [6, 6.07) is 12.5. The maximum atomic E-state index is 14.5. The molecule has 3 aliphatic heterocycles. The van der Waals surface area contributed by atoms with E-state index in [2.05, 4.69) is 46.5 Å². The number of esters is 2. The van der Waals surface area contributed by atoms with E-state index in [9.17, 15) is 14.4 Å². The molecule has 0 radical (unpaired) electrons. The molecule has 11 heteroatoms. The lowest BCUT2D eigenvalue weighted by molar-refractivity contribution is -0.270. The Balaban J connectivity index is 1.60. The monoisotopic (exact) mass is 724 g/mol. The molecular weight excluding hydrogens is 669 g/mol. The summed E-state index contributed by atoms with van der Waals surface area (Å²) in [7, 11) is -3.56. The van der Waals surface area contributed by atoms with Gasteiger partial charge in [0, 0.05) is 23.8 Å². The van der Waals surface area contributed by atoms with Crippen LogP contribution in [0.2, 0.25) is 37.8 Å². The summed E-state index contributed by atoms with van der Waals surface area (Å²) in [4.78, 5) is 42.4. The SMILES string of the molecule is CC[Si](CC)(CC)O[C@]12C[C@]34CC[C@@H]5C(=O)C(C)=C(C(=O)OC)[C@@H]5[C@](O[Si](C)(C)C)(O3)[C@@H](OCc3ccccc3)C4=CC[C@H]1C(C)(C)OC2=O. The Morgan fingerprint density at radius 2 is 1.66 bits per heavy atom. The van der Waals surface area contributed by atoms with Crippen LogP contribution in [-0.4, -0.2) is 70.2 Å². The number of carbonyl (C=O) groups is 3. The van der Waals surface area contributed by atoms with Crippen molar-refractivity contribution in [2.75, 3.05) is 7.11 Å². The van der Waals surface area contributed by atoms with Gasteiger partial charge in [-0.25, -0.2) is 9.59 Å². The van der Waals surface area contributed by atoms with Crippen molar-refractivity contribution >= 4 is 34.4 Å². The van der Waals surface area contributed by atoms with Gasteiger partial charge < -0.3 is 27.8 Å². The van der Waals surface area contributed by atoms with Crippen LogP contribution in [0.15, 0.2) is 53.1 Å². The molecule has 1 aromatic rings. The summed E-state index contributed by atoms with van der Waals surface area (Å²) in [5.41, 5.74) is -0.561. The predicted molar refractivity (Wildman–Crippen MR) is 194 cm³/mol. The Morgan fingerprint density at radius 1 is 1.00 bits per heavy atom. The quantitative estimate of drug-likeness (QED) is 0.131. The molecule has 6 rings (SSSR count). The first-order chi connectivity index (χ1) is 23.5. The maximum absolute atomic E-state index is 14.5. The summed E-state index contributed by atoms with van der Waals surface area (Å²) >= 11 is 0. The van der Waals surface area contributed by atoms with Gasteiger partial charge in [0.05, 0.1) is 30.8 Å². The molecule has 3 fully saturated rings. The van der Waals surface area contributed by atoms with E-state index in [1.807, 2.05) is 44.2 Å². The molecule has 3 heterocycles. The van der Waals surface area contributed by atoms with Crippen LogP contribution < -0.4 is 0 Å². The van der Waals surface area contributed by atoms with Crippen LogP contribution >= 0.6 is 0 Å².